The van der Waals surface area contributed by atoms with Crippen molar-refractivity contribution in [2.45, 2.75) is 25.7 Å². The molecule has 1 aliphatic heterocycles. The van der Waals surface area contributed by atoms with Crippen LogP contribution in [0.3, 0.4) is 0 Å². The Morgan fingerprint density at radius 1 is 1.38 bits per heavy atom. The summed E-state index contributed by atoms with van der Waals surface area (Å²) in [4.78, 5) is 18.7. The molecular formula is C15H19N3O2S. The fourth-order valence-corrected chi connectivity index (χ4v) is 3.35. The number of furan rings is 1. The molecule has 2 aromatic rings. The summed E-state index contributed by atoms with van der Waals surface area (Å²) in [6, 6.07) is 3.37. The van der Waals surface area contributed by atoms with Crippen LogP contribution in [0.25, 0.3) is 0 Å². The van der Waals surface area contributed by atoms with E-state index in [4.69, 9.17) is 4.42 Å². The first-order valence-corrected chi connectivity index (χ1v) is 8.22. The number of piperidine rings is 1. The van der Waals surface area contributed by atoms with Gasteiger partial charge in [0.1, 0.15) is 0 Å². The predicted molar refractivity (Wildman–Crippen MR) is 82.9 cm³/mol. The van der Waals surface area contributed by atoms with Crippen molar-refractivity contribution in [3.63, 3.8) is 0 Å². The third kappa shape index (κ3) is 3.64. The zero-order valence-corrected chi connectivity index (χ0v) is 12.7. The molecule has 0 saturated carbocycles. The second kappa shape index (κ2) is 6.76. The van der Waals surface area contributed by atoms with Crippen molar-refractivity contribution in [3.05, 3.63) is 35.2 Å². The lowest BCUT2D eigenvalue weighted by Crippen LogP contribution is -2.29. The van der Waals surface area contributed by atoms with Crippen LogP contribution < -0.4 is 10.2 Å². The van der Waals surface area contributed by atoms with Crippen molar-refractivity contribution in [1.29, 1.82) is 0 Å². The monoisotopic (exact) mass is 305 g/mol. The van der Waals surface area contributed by atoms with E-state index in [1.807, 2.05) is 0 Å². The minimum Gasteiger partial charge on any atom is -0.459 e. The highest BCUT2D eigenvalue weighted by atomic mass is 32.1. The molecule has 0 radical (unpaired) electrons. The van der Waals surface area contributed by atoms with Gasteiger partial charge in [-0.15, -0.1) is 11.3 Å². The van der Waals surface area contributed by atoms with Gasteiger partial charge in [-0.25, -0.2) is 4.98 Å². The van der Waals surface area contributed by atoms with E-state index in [0.29, 0.717) is 12.3 Å². The molecule has 1 aliphatic rings. The Hall–Kier alpha value is -1.82. The summed E-state index contributed by atoms with van der Waals surface area (Å²) in [7, 11) is 0. The molecule has 1 N–H and O–H groups in total. The number of carbonyl (C=O) groups is 1. The van der Waals surface area contributed by atoms with Gasteiger partial charge < -0.3 is 14.6 Å². The lowest BCUT2D eigenvalue weighted by Gasteiger charge is -2.25. The lowest BCUT2D eigenvalue weighted by molar-refractivity contribution is 0.0926. The summed E-state index contributed by atoms with van der Waals surface area (Å²) in [6.07, 6.45) is 6.09. The van der Waals surface area contributed by atoms with E-state index in [2.05, 4.69) is 20.6 Å². The first kappa shape index (κ1) is 14.1. The molecule has 5 nitrogen and oxygen atoms in total. The molecule has 0 atom stereocenters. The molecule has 0 aliphatic carbocycles. The SMILES string of the molecule is O=C(NCCc1csc(N2CCCCC2)n1)c1ccco1. The minimum absolute atomic E-state index is 0.175. The number of rotatable bonds is 5. The number of nitrogens with zero attached hydrogens (tertiary/aromatic N) is 2. The highest BCUT2D eigenvalue weighted by molar-refractivity contribution is 7.13. The van der Waals surface area contributed by atoms with Gasteiger partial charge in [0.2, 0.25) is 0 Å². The largest absolute Gasteiger partial charge is 0.459 e. The zero-order chi connectivity index (χ0) is 14.5. The number of hydrogen-bond donors (Lipinski definition) is 1. The molecular weight excluding hydrogens is 286 g/mol. The van der Waals surface area contributed by atoms with Crippen LogP contribution in [0.1, 0.15) is 35.5 Å². The van der Waals surface area contributed by atoms with Crippen LogP contribution in [0.2, 0.25) is 0 Å². The van der Waals surface area contributed by atoms with Crippen LogP contribution in [-0.2, 0) is 6.42 Å². The lowest BCUT2D eigenvalue weighted by atomic mass is 10.1. The minimum atomic E-state index is -0.175. The normalized spacial score (nSPS) is 15.1. The Bertz CT molecular complexity index is 574. The van der Waals surface area contributed by atoms with Crippen LogP contribution in [0.4, 0.5) is 5.13 Å². The van der Waals surface area contributed by atoms with Gasteiger partial charge in [0.15, 0.2) is 10.9 Å². The molecule has 21 heavy (non-hydrogen) atoms. The Balaban J connectivity index is 1.47. The molecule has 0 unspecified atom stereocenters. The average molecular weight is 305 g/mol. The van der Waals surface area contributed by atoms with Gasteiger partial charge in [0, 0.05) is 31.4 Å². The molecule has 6 heteroatoms. The number of anilines is 1. The third-order valence-corrected chi connectivity index (χ3v) is 4.53. The number of hydrogen-bond acceptors (Lipinski definition) is 5. The molecule has 3 rings (SSSR count). The van der Waals surface area contributed by atoms with Crippen LogP contribution in [-0.4, -0.2) is 30.5 Å². The number of thiazole rings is 1. The average Bonchev–Trinajstić information content (AvgIpc) is 3.20. The van der Waals surface area contributed by atoms with Gasteiger partial charge >= 0.3 is 0 Å². The first-order valence-electron chi connectivity index (χ1n) is 7.34. The standard InChI is InChI=1S/C15H19N3O2S/c19-14(13-5-4-10-20-13)16-7-6-12-11-21-15(17-12)18-8-2-1-3-9-18/h4-5,10-11H,1-3,6-9H2,(H,16,19). The van der Waals surface area contributed by atoms with E-state index < -0.39 is 0 Å². The highest BCUT2D eigenvalue weighted by Gasteiger charge is 2.14. The second-order valence-electron chi connectivity index (χ2n) is 5.15. The molecule has 112 valence electrons. The maximum absolute atomic E-state index is 11.7. The maximum atomic E-state index is 11.7. The number of amides is 1. The van der Waals surface area contributed by atoms with E-state index in [9.17, 15) is 4.79 Å². The van der Waals surface area contributed by atoms with Gasteiger partial charge in [-0.2, -0.15) is 0 Å². The molecule has 2 aromatic heterocycles. The molecule has 0 spiro atoms. The van der Waals surface area contributed by atoms with Crippen molar-refractivity contribution in [3.8, 4) is 0 Å². The van der Waals surface area contributed by atoms with Gasteiger partial charge in [-0.05, 0) is 31.4 Å². The van der Waals surface area contributed by atoms with E-state index in [-0.39, 0.29) is 5.91 Å². The quantitative estimate of drug-likeness (QED) is 0.922. The molecule has 0 bridgehead atoms. The summed E-state index contributed by atoms with van der Waals surface area (Å²) in [5, 5.41) is 6.04. The summed E-state index contributed by atoms with van der Waals surface area (Å²) >= 11 is 1.70. The number of aromatic nitrogens is 1. The van der Waals surface area contributed by atoms with Crippen LogP contribution >= 0.6 is 11.3 Å². The highest BCUT2D eigenvalue weighted by Crippen LogP contribution is 2.24. The Kier molecular flexibility index (Phi) is 4.55. The molecule has 1 amide bonds. The fraction of sp³-hybridized carbons (Fsp3) is 0.467. The fourth-order valence-electron chi connectivity index (χ4n) is 2.44. The number of carbonyl (C=O) groups excluding carboxylic acids is 1. The van der Waals surface area contributed by atoms with Gasteiger partial charge in [-0.1, -0.05) is 0 Å². The van der Waals surface area contributed by atoms with Gasteiger partial charge in [0.25, 0.3) is 5.91 Å². The van der Waals surface area contributed by atoms with Gasteiger partial charge in [-0.3, -0.25) is 4.79 Å². The van der Waals surface area contributed by atoms with Gasteiger partial charge in [0.05, 0.1) is 12.0 Å². The summed E-state index contributed by atoms with van der Waals surface area (Å²) in [6.45, 7) is 2.80. The van der Waals surface area contributed by atoms with Crippen molar-refractivity contribution < 1.29 is 9.21 Å². The van der Waals surface area contributed by atoms with E-state index in [0.717, 1.165) is 30.3 Å². The summed E-state index contributed by atoms with van der Waals surface area (Å²) in [5.74, 6) is 0.175. The summed E-state index contributed by atoms with van der Waals surface area (Å²) in [5.41, 5.74) is 1.04. The summed E-state index contributed by atoms with van der Waals surface area (Å²) < 4.78 is 5.05. The Morgan fingerprint density at radius 3 is 3.00 bits per heavy atom. The molecule has 1 saturated heterocycles. The van der Waals surface area contributed by atoms with Crippen molar-refractivity contribution >= 4 is 22.4 Å². The first-order chi connectivity index (χ1) is 10.3. The van der Waals surface area contributed by atoms with Crippen molar-refractivity contribution in [2.24, 2.45) is 0 Å². The second-order valence-corrected chi connectivity index (χ2v) is 5.99. The van der Waals surface area contributed by atoms with E-state index in [1.54, 1.807) is 23.5 Å². The van der Waals surface area contributed by atoms with Crippen molar-refractivity contribution in [1.82, 2.24) is 10.3 Å². The smallest absolute Gasteiger partial charge is 0.286 e. The third-order valence-electron chi connectivity index (χ3n) is 3.58. The topological polar surface area (TPSA) is 58.4 Å². The van der Waals surface area contributed by atoms with E-state index >= 15 is 0 Å². The maximum Gasteiger partial charge on any atom is 0.286 e. The Labute approximate surface area is 128 Å². The zero-order valence-electron chi connectivity index (χ0n) is 11.9. The molecule has 1 fully saturated rings. The van der Waals surface area contributed by atoms with Crippen LogP contribution in [0.15, 0.2) is 28.2 Å². The Morgan fingerprint density at radius 2 is 2.24 bits per heavy atom. The predicted octanol–water partition coefficient (Wildman–Crippen LogP) is 2.70. The molecule has 3 heterocycles. The van der Waals surface area contributed by atoms with Crippen molar-refractivity contribution in [2.75, 3.05) is 24.5 Å². The van der Waals surface area contributed by atoms with E-state index in [1.165, 1.54) is 25.5 Å². The number of nitrogens with one attached hydrogen (secondary N) is 1. The van der Waals surface area contributed by atoms with Crippen LogP contribution in [0, 0.1) is 0 Å². The molecule has 0 aromatic carbocycles. The van der Waals surface area contributed by atoms with Crippen LogP contribution in [0.5, 0.6) is 0 Å².